The standard InChI is InChI=1S/C24H44N2O5/c1-17(2)30-15-22-9-19(11-26(22)12-20(27)10-22)21-7-8-25-14-24(28-5,29-6)13-23(21,25)16-31-18(3)4/h17-21,27H,7-16H2,1-6H3/t19?,20-,21?,22-,23?/m1/s1. The summed E-state index contributed by atoms with van der Waals surface area (Å²) in [7, 11) is 3.53. The summed E-state index contributed by atoms with van der Waals surface area (Å²) in [5.74, 6) is 0.535. The molecule has 4 saturated heterocycles. The van der Waals surface area contributed by atoms with Crippen LogP contribution >= 0.6 is 0 Å². The zero-order valence-corrected chi connectivity index (χ0v) is 20.4. The van der Waals surface area contributed by atoms with E-state index in [2.05, 4.69) is 37.5 Å². The Hall–Kier alpha value is -0.280. The zero-order valence-electron chi connectivity index (χ0n) is 20.4. The van der Waals surface area contributed by atoms with Crippen LogP contribution in [-0.2, 0) is 18.9 Å². The van der Waals surface area contributed by atoms with Gasteiger partial charge in [-0.15, -0.1) is 0 Å². The van der Waals surface area contributed by atoms with Gasteiger partial charge in [0.1, 0.15) is 0 Å². The van der Waals surface area contributed by atoms with Gasteiger partial charge in [-0.05, 0) is 65.3 Å². The molecule has 7 heteroatoms. The van der Waals surface area contributed by atoms with Crippen LogP contribution < -0.4 is 0 Å². The van der Waals surface area contributed by atoms with Gasteiger partial charge in [0.05, 0.1) is 43.6 Å². The molecule has 4 fully saturated rings. The molecule has 0 bridgehead atoms. The highest BCUT2D eigenvalue weighted by Crippen LogP contribution is 2.55. The molecule has 31 heavy (non-hydrogen) atoms. The van der Waals surface area contributed by atoms with Crippen LogP contribution in [0.25, 0.3) is 0 Å². The van der Waals surface area contributed by atoms with E-state index in [0.29, 0.717) is 18.4 Å². The van der Waals surface area contributed by atoms with Crippen molar-refractivity contribution in [3.63, 3.8) is 0 Å². The van der Waals surface area contributed by atoms with Crippen LogP contribution in [0.4, 0.5) is 0 Å². The number of hydrogen-bond acceptors (Lipinski definition) is 7. The summed E-state index contributed by atoms with van der Waals surface area (Å²) in [6.45, 7) is 13.5. The Morgan fingerprint density at radius 2 is 1.61 bits per heavy atom. The second-order valence-electron chi connectivity index (χ2n) is 11.1. The number of ether oxygens (including phenoxy) is 4. The third-order valence-corrected chi connectivity index (χ3v) is 8.52. The minimum absolute atomic E-state index is 0.0277. The van der Waals surface area contributed by atoms with Gasteiger partial charge in [0, 0.05) is 39.3 Å². The molecule has 4 aliphatic heterocycles. The van der Waals surface area contributed by atoms with Crippen LogP contribution in [0.3, 0.4) is 0 Å². The SMILES string of the molecule is COC1(OC)CN2CCC(C3CN4C[C@H](O)C[C@@]4(COC(C)C)C3)C2(COC(C)C)C1. The van der Waals surface area contributed by atoms with Gasteiger partial charge in [-0.1, -0.05) is 0 Å². The Bertz CT molecular complexity index is 627. The Morgan fingerprint density at radius 3 is 2.26 bits per heavy atom. The molecule has 1 N–H and O–H groups in total. The first-order valence-corrected chi connectivity index (χ1v) is 12.2. The molecule has 0 radical (unpaired) electrons. The van der Waals surface area contributed by atoms with E-state index in [1.165, 1.54) is 6.42 Å². The van der Waals surface area contributed by atoms with Crippen LogP contribution in [0, 0.1) is 11.8 Å². The third kappa shape index (κ3) is 4.20. The Labute approximate surface area is 188 Å². The maximum Gasteiger partial charge on any atom is 0.182 e. The lowest BCUT2D eigenvalue weighted by molar-refractivity contribution is -0.199. The molecule has 180 valence electrons. The molecular formula is C24H44N2O5. The summed E-state index contributed by atoms with van der Waals surface area (Å²) in [5, 5.41) is 10.4. The predicted molar refractivity (Wildman–Crippen MR) is 119 cm³/mol. The fourth-order valence-electron chi connectivity index (χ4n) is 7.10. The van der Waals surface area contributed by atoms with Crippen LogP contribution in [0.2, 0.25) is 0 Å². The van der Waals surface area contributed by atoms with E-state index in [1.807, 2.05) is 0 Å². The van der Waals surface area contributed by atoms with E-state index in [9.17, 15) is 5.11 Å². The van der Waals surface area contributed by atoms with Gasteiger partial charge in [-0.25, -0.2) is 0 Å². The number of aliphatic hydroxyl groups is 1. The van der Waals surface area contributed by atoms with Gasteiger partial charge in [0.2, 0.25) is 0 Å². The monoisotopic (exact) mass is 440 g/mol. The summed E-state index contributed by atoms with van der Waals surface area (Å²) in [6.07, 6.45) is 4.11. The van der Waals surface area contributed by atoms with Crippen LogP contribution in [0.5, 0.6) is 0 Å². The number of β-amino-alcohol motifs (C(OH)–C–C–N with tert-alkyl or cyclic N) is 1. The summed E-state index contributed by atoms with van der Waals surface area (Å²) in [4.78, 5) is 5.11. The number of hydrogen-bond donors (Lipinski definition) is 1. The van der Waals surface area contributed by atoms with Gasteiger partial charge in [-0.2, -0.15) is 0 Å². The molecular weight excluding hydrogens is 396 g/mol. The highest BCUT2D eigenvalue weighted by atomic mass is 16.7. The van der Waals surface area contributed by atoms with Crippen molar-refractivity contribution in [1.82, 2.24) is 9.80 Å². The van der Waals surface area contributed by atoms with Gasteiger partial charge in [-0.3, -0.25) is 9.80 Å². The number of fused-ring (bicyclic) bond motifs is 2. The molecule has 0 aliphatic carbocycles. The third-order valence-electron chi connectivity index (χ3n) is 8.52. The van der Waals surface area contributed by atoms with Crippen molar-refractivity contribution in [2.75, 3.05) is 53.6 Å². The van der Waals surface area contributed by atoms with Gasteiger partial charge in [0.15, 0.2) is 5.79 Å². The first-order valence-electron chi connectivity index (χ1n) is 12.2. The maximum atomic E-state index is 10.4. The minimum Gasteiger partial charge on any atom is -0.392 e. The van der Waals surface area contributed by atoms with Gasteiger partial charge < -0.3 is 24.1 Å². The predicted octanol–water partition coefficient (Wildman–Crippen LogP) is 2.12. The van der Waals surface area contributed by atoms with Crippen molar-refractivity contribution in [3.05, 3.63) is 0 Å². The highest BCUT2D eigenvalue weighted by Gasteiger charge is 2.64. The molecule has 0 aromatic carbocycles. The molecule has 0 saturated carbocycles. The molecule has 4 rings (SSSR count). The van der Waals surface area contributed by atoms with Gasteiger partial charge in [0.25, 0.3) is 0 Å². The quantitative estimate of drug-likeness (QED) is 0.551. The van der Waals surface area contributed by atoms with Crippen LogP contribution in [0.1, 0.15) is 53.4 Å². The summed E-state index contributed by atoms with van der Waals surface area (Å²) in [6, 6.07) is 0. The number of methoxy groups -OCH3 is 2. The first-order chi connectivity index (χ1) is 14.7. The Balaban J connectivity index is 1.58. The molecule has 0 aromatic heterocycles. The maximum absolute atomic E-state index is 10.4. The second-order valence-corrected chi connectivity index (χ2v) is 11.1. The van der Waals surface area contributed by atoms with Crippen molar-refractivity contribution in [1.29, 1.82) is 0 Å². The smallest absolute Gasteiger partial charge is 0.182 e. The molecule has 7 nitrogen and oxygen atoms in total. The van der Waals surface area contributed by atoms with Crippen molar-refractivity contribution in [3.8, 4) is 0 Å². The second kappa shape index (κ2) is 8.82. The van der Waals surface area contributed by atoms with Crippen LogP contribution in [-0.4, -0.2) is 104 Å². The Kier molecular flexibility index (Phi) is 6.79. The molecule has 3 unspecified atom stereocenters. The average molecular weight is 441 g/mol. The molecule has 4 aliphatic rings. The highest BCUT2D eigenvalue weighted by molar-refractivity contribution is 5.16. The summed E-state index contributed by atoms with van der Waals surface area (Å²) >= 11 is 0. The van der Waals surface area contributed by atoms with E-state index in [0.717, 1.165) is 52.0 Å². The zero-order chi connectivity index (χ0) is 22.4. The summed E-state index contributed by atoms with van der Waals surface area (Å²) in [5.41, 5.74) is -0.0838. The van der Waals surface area contributed by atoms with E-state index in [1.54, 1.807) is 14.2 Å². The average Bonchev–Trinajstić information content (AvgIpc) is 3.39. The molecule has 4 heterocycles. The van der Waals surface area contributed by atoms with Gasteiger partial charge >= 0.3 is 0 Å². The van der Waals surface area contributed by atoms with Crippen molar-refractivity contribution in [2.45, 2.75) is 88.6 Å². The Morgan fingerprint density at radius 1 is 0.935 bits per heavy atom. The normalized spacial score (nSPS) is 40.4. The summed E-state index contributed by atoms with van der Waals surface area (Å²) < 4.78 is 24.2. The fraction of sp³-hybridized carbons (Fsp3) is 1.00. The lowest BCUT2D eigenvalue weighted by atomic mass is 9.72. The number of aliphatic hydroxyl groups excluding tert-OH is 1. The lowest BCUT2D eigenvalue weighted by Gasteiger charge is -2.41. The van der Waals surface area contributed by atoms with Crippen LogP contribution in [0.15, 0.2) is 0 Å². The topological polar surface area (TPSA) is 63.6 Å². The van der Waals surface area contributed by atoms with E-state index < -0.39 is 5.79 Å². The van der Waals surface area contributed by atoms with E-state index >= 15 is 0 Å². The van der Waals surface area contributed by atoms with Crippen molar-refractivity contribution < 1.29 is 24.1 Å². The largest absolute Gasteiger partial charge is 0.392 e. The molecule has 0 aromatic rings. The molecule has 0 spiro atoms. The molecule has 0 amide bonds. The van der Waals surface area contributed by atoms with E-state index in [-0.39, 0.29) is 29.4 Å². The minimum atomic E-state index is -0.553. The number of rotatable bonds is 9. The van der Waals surface area contributed by atoms with Crippen molar-refractivity contribution >= 4 is 0 Å². The lowest BCUT2D eigenvalue weighted by Crippen LogP contribution is -2.50. The molecule has 5 atom stereocenters. The fourth-order valence-corrected chi connectivity index (χ4v) is 7.10. The number of nitrogens with zero attached hydrogens (tertiary/aromatic N) is 2. The first kappa shape index (κ1) is 23.9. The van der Waals surface area contributed by atoms with Crippen molar-refractivity contribution in [2.24, 2.45) is 11.8 Å². The van der Waals surface area contributed by atoms with E-state index in [4.69, 9.17) is 18.9 Å².